The summed E-state index contributed by atoms with van der Waals surface area (Å²) in [5, 5.41) is 4.96. The number of methoxy groups -OCH3 is 1. The van der Waals surface area contributed by atoms with E-state index in [4.69, 9.17) is 14.2 Å². The highest BCUT2D eigenvalue weighted by molar-refractivity contribution is 5.98. The molecule has 8 nitrogen and oxygen atoms in total. The van der Waals surface area contributed by atoms with Crippen LogP contribution < -0.4 is 20.1 Å². The lowest BCUT2D eigenvalue weighted by atomic mass is 10.2. The van der Waals surface area contributed by atoms with E-state index in [1.807, 2.05) is 13.8 Å². The summed E-state index contributed by atoms with van der Waals surface area (Å²) in [6, 6.07) is 4.17. The third kappa shape index (κ3) is 6.96. The fourth-order valence-electron chi connectivity index (χ4n) is 2.96. The molecule has 3 amide bonds. The fraction of sp³-hybridized carbons (Fsp3) is 0.571. The average Bonchev–Trinajstić information content (AvgIpc) is 3.18. The summed E-state index contributed by atoms with van der Waals surface area (Å²) in [6.45, 7) is 5.98. The van der Waals surface area contributed by atoms with Crippen molar-refractivity contribution in [1.29, 1.82) is 0 Å². The van der Waals surface area contributed by atoms with Crippen LogP contribution in [0.2, 0.25) is 0 Å². The highest BCUT2D eigenvalue weighted by Gasteiger charge is 2.23. The normalized spacial score (nSPS) is 14.9. The highest BCUT2D eigenvalue weighted by Crippen LogP contribution is 2.29. The molecule has 0 heterocycles. The second kappa shape index (κ2) is 10.7. The number of hydrogen-bond donors (Lipinski definition) is 2. The quantitative estimate of drug-likeness (QED) is 0.643. The molecule has 1 aromatic rings. The van der Waals surface area contributed by atoms with Crippen molar-refractivity contribution in [2.45, 2.75) is 58.6 Å². The first-order valence-electron chi connectivity index (χ1n) is 9.93. The smallest absolute Gasteiger partial charge is 0.339 e. The highest BCUT2D eigenvalue weighted by atomic mass is 16.5. The predicted molar refractivity (Wildman–Crippen MR) is 107 cm³/mol. The van der Waals surface area contributed by atoms with Crippen LogP contribution in [0.1, 0.15) is 56.8 Å². The zero-order valence-electron chi connectivity index (χ0n) is 17.4. The number of rotatable bonds is 8. The van der Waals surface area contributed by atoms with Crippen LogP contribution in [0.4, 0.5) is 4.79 Å². The van der Waals surface area contributed by atoms with Crippen LogP contribution in [0, 0.1) is 5.92 Å². The predicted octanol–water partition coefficient (Wildman–Crippen LogP) is 3.04. The number of nitrogens with one attached hydrogen (secondary N) is 2. The molecule has 0 aliphatic heterocycles. The molecular weight excluding hydrogens is 376 g/mol. The van der Waals surface area contributed by atoms with Crippen LogP contribution in [0.25, 0.3) is 0 Å². The summed E-state index contributed by atoms with van der Waals surface area (Å²) in [7, 11) is 1.48. The molecule has 0 saturated heterocycles. The Labute approximate surface area is 171 Å². The van der Waals surface area contributed by atoms with Gasteiger partial charge in [-0.15, -0.1) is 0 Å². The molecule has 1 fully saturated rings. The molecule has 0 unspecified atom stereocenters. The van der Waals surface area contributed by atoms with Gasteiger partial charge < -0.3 is 19.5 Å². The molecule has 1 aromatic carbocycles. The van der Waals surface area contributed by atoms with Crippen LogP contribution in [-0.4, -0.2) is 43.8 Å². The molecular formula is C21H30N2O6. The van der Waals surface area contributed by atoms with Gasteiger partial charge in [-0.05, 0) is 43.9 Å². The van der Waals surface area contributed by atoms with Gasteiger partial charge in [-0.25, -0.2) is 9.59 Å². The number of carbonyl (C=O) groups is 3. The Balaban J connectivity index is 1.90. The van der Waals surface area contributed by atoms with Crippen LogP contribution in [0.3, 0.4) is 0 Å². The van der Waals surface area contributed by atoms with E-state index in [0.717, 1.165) is 25.7 Å². The van der Waals surface area contributed by atoms with Crippen molar-refractivity contribution < 1.29 is 28.6 Å². The lowest BCUT2D eigenvalue weighted by molar-refractivity contribution is -0.127. The minimum Gasteiger partial charge on any atom is -0.493 e. The van der Waals surface area contributed by atoms with Crippen molar-refractivity contribution in [2.75, 3.05) is 13.7 Å². The standard InChI is InChI=1S/C21H30N2O6/c1-13(2)12-28-17-10-9-15(11-18(17)27-4)20(25)29-14(3)19(24)23-21(26)22-16-7-5-6-8-16/h9-11,13-14,16H,5-8,12H2,1-4H3,(H2,22,23,24,26)/t14-/m0/s1. The number of amides is 3. The van der Waals surface area contributed by atoms with Crippen LogP contribution in [-0.2, 0) is 9.53 Å². The van der Waals surface area contributed by atoms with Crippen LogP contribution in [0.15, 0.2) is 18.2 Å². The Morgan fingerprint density at radius 2 is 1.79 bits per heavy atom. The molecule has 0 radical (unpaired) electrons. The number of urea groups is 1. The van der Waals surface area contributed by atoms with Gasteiger partial charge in [0.1, 0.15) is 0 Å². The molecule has 0 spiro atoms. The van der Waals surface area contributed by atoms with Gasteiger partial charge in [-0.3, -0.25) is 10.1 Å². The summed E-state index contributed by atoms with van der Waals surface area (Å²) in [4.78, 5) is 36.4. The Morgan fingerprint density at radius 1 is 1.10 bits per heavy atom. The maximum absolute atomic E-state index is 12.4. The average molecular weight is 406 g/mol. The lowest BCUT2D eigenvalue weighted by Gasteiger charge is -2.16. The zero-order valence-corrected chi connectivity index (χ0v) is 17.4. The first kappa shape index (κ1) is 22.5. The van der Waals surface area contributed by atoms with E-state index in [0.29, 0.717) is 24.0 Å². The molecule has 0 aromatic heterocycles. The first-order chi connectivity index (χ1) is 13.8. The van der Waals surface area contributed by atoms with Crippen molar-refractivity contribution in [3.8, 4) is 11.5 Å². The van der Waals surface area contributed by atoms with E-state index >= 15 is 0 Å². The Hall–Kier alpha value is -2.77. The monoisotopic (exact) mass is 406 g/mol. The Bertz CT molecular complexity index is 728. The van der Waals surface area contributed by atoms with Crippen molar-refractivity contribution in [3.05, 3.63) is 23.8 Å². The van der Waals surface area contributed by atoms with E-state index in [2.05, 4.69) is 10.6 Å². The van der Waals surface area contributed by atoms with E-state index in [1.165, 1.54) is 26.2 Å². The Kier molecular flexibility index (Phi) is 8.30. The van der Waals surface area contributed by atoms with Gasteiger partial charge in [0.25, 0.3) is 5.91 Å². The third-order valence-electron chi connectivity index (χ3n) is 4.55. The van der Waals surface area contributed by atoms with Gasteiger partial charge in [0.15, 0.2) is 17.6 Å². The number of carbonyl (C=O) groups excluding carboxylic acids is 3. The topological polar surface area (TPSA) is 103 Å². The van der Waals surface area contributed by atoms with Crippen LogP contribution >= 0.6 is 0 Å². The molecule has 1 atom stereocenters. The second-order valence-electron chi connectivity index (χ2n) is 7.56. The van der Waals surface area contributed by atoms with E-state index in [9.17, 15) is 14.4 Å². The van der Waals surface area contributed by atoms with Crippen molar-refractivity contribution in [2.24, 2.45) is 5.92 Å². The summed E-state index contributed by atoms with van der Waals surface area (Å²) >= 11 is 0. The van der Waals surface area contributed by atoms with Gasteiger partial charge in [0, 0.05) is 6.04 Å². The number of esters is 1. The maximum Gasteiger partial charge on any atom is 0.339 e. The van der Waals surface area contributed by atoms with Gasteiger partial charge >= 0.3 is 12.0 Å². The number of hydrogen-bond acceptors (Lipinski definition) is 6. The van der Waals surface area contributed by atoms with E-state index in [1.54, 1.807) is 6.07 Å². The third-order valence-corrected chi connectivity index (χ3v) is 4.55. The van der Waals surface area contributed by atoms with Gasteiger partial charge in [0.05, 0.1) is 19.3 Å². The van der Waals surface area contributed by atoms with E-state index < -0.39 is 24.0 Å². The molecule has 2 rings (SSSR count). The van der Waals surface area contributed by atoms with Crippen molar-refractivity contribution >= 4 is 17.9 Å². The lowest BCUT2D eigenvalue weighted by Crippen LogP contribution is -2.47. The molecule has 8 heteroatoms. The fourth-order valence-corrected chi connectivity index (χ4v) is 2.96. The molecule has 1 saturated carbocycles. The summed E-state index contributed by atoms with van der Waals surface area (Å²) in [5.74, 6) is -0.120. The summed E-state index contributed by atoms with van der Waals surface area (Å²) in [5.41, 5.74) is 0.216. The number of imide groups is 1. The van der Waals surface area contributed by atoms with Crippen molar-refractivity contribution in [3.63, 3.8) is 0 Å². The number of benzene rings is 1. The zero-order chi connectivity index (χ0) is 21.4. The maximum atomic E-state index is 12.4. The Morgan fingerprint density at radius 3 is 2.41 bits per heavy atom. The summed E-state index contributed by atoms with van der Waals surface area (Å²) < 4.78 is 16.1. The van der Waals surface area contributed by atoms with Gasteiger partial charge in [-0.2, -0.15) is 0 Å². The minimum absolute atomic E-state index is 0.0875. The molecule has 160 valence electrons. The van der Waals surface area contributed by atoms with Crippen molar-refractivity contribution in [1.82, 2.24) is 10.6 Å². The molecule has 29 heavy (non-hydrogen) atoms. The van der Waals surface area contributed by atoms with Crippen LogP contribution in [0.5, 0.6) is 11.5 Å². The SMILES string of the molecule is COc1cc(C(=O)O[C@@H](C)C(=O)NC(=O)NC2CCCC2)ccc1OCC(C)C. The van der Waals surface area contributed by atoms with E-state index in [-0.39, 0.29) is 11.6 Å². The molecule has 1 aliphatic carbocycles. The minimum atomic E-state index is -1.13. The second-order valence-corrected chi connectivity index (χ2v) is 7.56. The summed E-state index contributed by atoms with van der Waals surface area (Å²) in [6.07, 6.45) is 2.82. The number of ether oxygens (including phenoxy) is 3. The molecule has 1 aliphatic rings. The molecule has 2 N–H and O–H groups in total. The van der Waals surface area contributed by atoms with Gasteiger partial charge in [-0.1, -0.05) is 26.7 Å². The van der Waals surface area contributed by atoms with Gasteiger partial charge in [0.2, 0.25) is 0 Å². The largest absolute Gasteiger partial charge is 0.493 e. The molecule has 0 bridgehead atoms. The first-order valence-corrected chi connectivity index (χ1v) is 9.93.